The fourth-order valence-electron chi connectivity index (χ4n) is 9.48. The van der Waals surface area contributed by atoms with Gasteiger partial charge >= 0.3 is 0 Å². The van der Waals surface area contributed by atoms with Crippen molar-refractivity contribution in [2.75, 3.05) is 0 Å². The van der Waals surface area contributed by atoms with Crippen molar-refractivity contribution in [3.63, 3.8) is 0 Å². The molecule has 0 amide bonds. The van der Waals surface area contributed by atoms with E-state index in [0.717, 1.165) is 77.0 Å². The molecule has 294 valence electrons. The first-order chi connectivity index (χ1) is 31.2. The Labute approximate surface area is 366 Å². The molecule has 5 nitrogen and oxygen atoms in total. The van der Waals surface area contributed by atoms with Gasteiger partial charge in [-0.1, -0.05) is 176 Å². The minimum atomic E-state index is 0.546. The molecule has 0 aliphatic carbocycles. The topological polar surface area (TPSA) is 48.5 Å². The highest BCUT2D eigenvalue weighted by molar-refractivity contribution is 7.26. The van der Waals surface area contributed by atoms with Gasteiger partial charge in [0, 0.05) is 47.3 Å². The number of hydrogen-bond donors (Lipinski definition) is 0. The van der Waals surface area contributed by atoms with E-state index in [4.69, 9.17) is 15.0 Å². The van der Waals surface area contributed by atoms with Crippen molar-refractivity contribution in [1.29, 1.82) is 0 Å². The monoisotopic (exact) mass is 821 g/mol. The van der Waals surface area contributed by atoms with Crippen LogP contribution in [0.3, 0.4) is 0 Å². The van der Waals surface area contributed by atoms with Gasteiger partial charge in [0.05, 0.1) is 22.1 Å². The average Bonchev–Trinajstić information content (AvgIpc) is 4.02. The normalized spacial score (nSPS) is 11.8. The molecule has 13 rings (SSSR count). The maximum Gasteiger partial charge on any atom is 0.240 e. The van der Waals surface area contributed by atoms with Crippen molar-refractivity contribution in [2.45, 2.75) is 0 Å². The Morgan fingerprint density at radius 3 is 1.41 bits per heavy atom. The molecule has 0 atom stereocenters. The molecular weight excluding hydrogens is 787 g/mol. The smallest absolute Gasteiger partial charge is 0.240 e. The van der Waals surface area contributed by atoms with Crippen molar-refractivity contribution < 1.29 is 0 Å². The van der Waals surface area contributed by atoms with Crippen LogP contribution in [0.25, 0.3) is 120 Å². The number of para-hydroxylation sites is 2. The number of benzene rings is 9. The van der Waals surface area contributed by atoms with Crippen LogP contribution in [0.1, 0.15) is 0 Å². The predicted molar refractivity (Wildman–Crippen MR) is 263 cm³/mol. The predicted octanol–water partition coefficient (Wildman–Crippen LogP) is 15.1. The molecule has 0 saturated carbocycles. The molecule has 9 aromatic carbocycles. The van der Waals surface area contributed by atoms with E-state index in [1.54, 1.807) is 0 Å². The van der Waals surface area contributed by atoms with Crippen LogP contribution in [0.4, 0.5) is 0 Å². The van der Waals surface area contributed by atoms with Crippen LogP contribution in [0.15, 0.2) is 212 Å². The van der Waals surface area contributed by atoms with E-state index in [1.807, 2.05) is 11.3 Å². The highest BCUT2D eigenvalue weighted by Gasteiger charge is 2.22. The second-order valence-electron chi connectivity index (χ2n) is 16.0. The standard InChI is InChI=1S/C57H35N5S/c1-3-15-36(16-4-1)38-29-31-45-46-32-30-39(37-17-5-2-6-18-37)35-52(46)62(51(45)34-38)57-59-55(58-56(60-57)61-49-26-10-7-21-43(49)44-22-8-11-27-50(44)61)41-20-13-19-40(33-41)42-24-14-25-48-47-23-9-12-28-53(47)63-54(42)48/h1-35H. The summed E-state index contributed by atoms with van der Waals surface area (Å²) in [6.07, 6.45) is 0. The van der Waals surface area contributed by atoms with Gasteiger partial charge in [0.1, 0.15) is 0 Å². The largest absolute Gasteiger partial charge is 0.278 e. The fraction of sp³-hybridized carbons (Fsp3) is 0. The summed E-state index contributed by atoms with van der Waals surface area (Å²) in [6.45, 7) is 0. The average molecular weight is 822 g/mol. The molecule has 0 aliphatic heterocycles. The Kier molecular flexibility index (Phi) is 8.01. The third-order valence-corrected chi connectivity index (χ3v) is 13.6. The SMILES string of the molecule is c1ccc(-c2ccc3c4ccc(-c5ccccc5)cc4n(-c4nc(-c5cccc(-c6cccc7c6sc6ccccc67)c5)nc(-n5c6ccccc6c6ccccc65)n4)c3c2)cc1. The molecule has 0 aliphatic rings. The zero-order chi connectivity index (χ0) is 41.4. The van der Waals surface area contributed by atoms with Gasteiger partial charge in [-0.2, -0.15) is 15.0 Å². The third-order valence-electron chi connectivity index (χ3n) is 12.4. The first-order valence-electron chi connectivity index (χ1n) is 21.2. The summed E-state index contributed by atoms with van der Waals surface area (Å²) >= 11 is 1.84. The van der Waals surface area contributed by atoms with Crippen LogP contribution in [0.2, 0.25) is 0 Å². The Hall–Kier alpha value is -8.19. The van der Waals surface area contributed by atoms with E-state index in [-0.39, 0.29) is 0 Å². The lowest BCUT2D eigenvalue weighted by Crippen LogP contribution is -2.10. The highest BCUT2D eigenvalue weighted by atomic mass is 32.1. The van der Waals surface area contributed by atoms with E-state index >= 15 is 0 Å². The van der Waals surface area contributed by atoms with Crippen molar-refractivity contribution in [3.8, 4) is 56.7 Å². The van der Waals surface area contributed by atoms with E-state index < -0.39 is 0 Å². The van der Waals surface area contributed by atoms with E-state index in [0.29, 0.717) is 17.7 Å². The molecule has 0 N–H and O–H groups in total. The lowest BCUT2D eigenvalue weighted by Gasteiger charge is -2.14. The third kappa shape index (κ3) is 5.73. The Balaban J connectivity index is 1.10. The van der Waals surface area contributed by atoms with Gasteiger partial charge in [-0.05, 0) is 69.8 Å². The lowest BCUT2D eigenvalue weighted by molar-refractivity contribution is 0.893. The molecule has 0 bridgehead atoms. The number of aromatic nitrogens is 5. The van der Waals surface area contributed by atoms with Crippen molar-refractivity contribution in [2.24, 2.45) is 0 Å². The zero-order valence-corrected chi connectivity index (χ0v) is 34.7. The second-order valence-corrected chi connectivity index (χ2v) is 17.1. The summed E-state index contributed by atoms with van der Waals surface area (Å²) in [5, 5.41) is 7.10. The lowest BCUT2D eigenvalue weighted by atomic mass is 10.0. The minimum absolute atomic E-state index is 0.546. The number of rotatable bonds is 6. The van der Waals surface area contributed by atoms with Gasteiger partial charge in [-0.15, -0.1) is 11.3 Å². The Morgan fingerprint density at radius 1 is 0.302 bits per heavy atom. The summed E-state index contributed by atoms with van der Waals surface area (Å²) in [5.41, 5.74) is 11.9. The van der Waals surface area contributed by atoms with Crippen LogP contribution >= 0.6 is 11.3 Å². The number of hydrogen-bond acceptors (Lipinski definition) is 4. The molecule has 0 radical (unpaired) electrons. The maximum atomic E-state index is 5.50. The van der Waals surface area contributed by atoms with Crippen LogP contribution in [0.5, 0.6) is 0 Å². The summed E-state index contributed by atoms with van der Waals surface area (Å²) in [5.74, 6) is 1.69. The van der Waals surface area contributed by atoms with E-state index in [9.17, 15) is 0 Å². The molecule has 63 heavy (non-hydrogen) atoms. The minimum Gasteiger partial charge on any atom is -0.278 e. The maximum absolute atomic E-state index is 5.50. The van der Waals surface area contributed by atoms with Gasteiger partial charge in [0.25, 0.3) is 0 Å². The number of fused-ring (bicyclic) bond motifs is 9. The molecule has 0 unspecified atom stereocenters. The Morgan fingerprint density at radius 2 is 0.778 bits per heavy atom. The highest BCUT2D eigenvalue weighted by Crippen LogP contribution is 2.42. The fourth-order valence-corrected chi connectivity index (χ4v) is 10.7. The van der Waals surface area contributed by atoms with Crippen LogP contribution < -0.4 is 0 Å². The summed E-state index contributed by atoms with van der Waals surface area (Å²) < 4.78 is 6.99. The van der Waals surface area contributed by atoms with Gasteiger partial charge in [0.15, 0.2) is 5.82 Å². The molecule has 4 aromatic heterocycles. The summed E-state index contributed by atoms with van der Waals surface area (Å²) in [4.78, 5) is 16.4. The summed E-state index contributed by atoms with van der Waals surface area (Å²) in [6, 6.07) is 75.6. The Bertz CT molecular complexity index is 3770. The number of nitrogens with zero attached hydrogens (tertiary/aromatic N) is 5. The van der Waals surface area contributed by atoms with Crippen LogP contribution in [0, 0.1) is 0 Å². The quantitative estimate of drug-likeness (QED) is 0.168. The number of thiophene rings is 1. The molecule has 0 saturated heterocycles. The van der Waals surface area contributed by atoms with Gasteiger partial charge in [0.2, 0.25) is 11.9 Å². The van der Waals surface area contributed by atoms with E-state index in [1.165, 1.54) is 25.7 Å². The first kappa shape index (κ1) is 35.6. The van der Waals surface area contributed by atoms with Crippen LogP contribution in [-0.2, 0) is 0 Å². The molecule has 13 aromatic rings. The second kappa shape index (κ2) is 14.2. The van der Waals surface area contributed by atoms with Gasteiger partial charge < -0.3 is 0 Å². The molecule has 0 spiro atoms. The summed E-state index contributed by atoms with van der Waals surface area (Å²) in [7, 11) is 0. The molecule has 6 heteroatoms. The first-order valence-corrected chi connectivity index (χ1v) is 22.0. The van der Waals surface area contributed by atoms with Crippen molar-refractivity contribution >= 4 is 75.1 Å². The van der Waals surface area contributed by atoms with E-state index in [2.05, 4.69) is 221 Å². The van der Waals surface area contributed by atoms with Crippen molar-refractivity contribution in [3.05, 3.63) is 212 Å². The van der Waals surface area contributed by atoms with Gasteiger partial charge in [-0.3, -0.25) is 9.13 Å². The zero-order valence-electron chi connectivity index (χ0n) is 33.9. The van der Waals surface area contributed by atoms with Gasteiger partial charge in [-0.25, -0.2) is 0 Å². The van der Waals surface area contributed by atoms with Crippen LogP contribution in [-0.4, -0.2) is 24.1 Å². The molecule has 4 heterocycles. The molecule has 0 fully saturated rings. The van der Waals surface area contributed by atoms with Crippen molar-refractivity contribution in [1.82, 2.24) is 24.1 Å². The molecular formula is C57H35N5S.